The van der Waals surface area contributed by atoms with Gasteiger partial charge in [-0.25, -0.2) is 0 Å². The molecule has 0 aromatic carbocycles. The number of nitrogens with one attached hydrogen (secondary N) is 2. The fraction of sp³-hybridized carbons (Fsp3) is 0.950. The van der Waals surface area contributed by atoms with Crippen LogP contribution in [0.4, 0.5) is 0 Å². The van der Waals surface area contributed by atoms with Gasteiger partial charge in [0.2, 0.25) is 11.8 Å². The molecule has 6 aliphatic heterocycles. The zero-order valence-corrected chi connectivity index (χ0v) is 38.8. The van der Waals surface area contributed by atoms with Gasteiger partial charge in [-0.15, -0.1) is 0 Å². The minimum atomic E-state index is -2.22. The molecule has 0 radical (unpaired) electrons. The topological polar surface area (TPSA) is 504 Å². The Balaban J connectivity index is 1.34. The van der Waals surface area contributed by atoms with Crippen LogP contribution in [-0.2, 0) is 61.7 Å². The summed E-state index contributed by atoms with van der Waals surface area (Å²) in [4.78, 5) is 24.9. The lowest BCUT2D eigenvalue weighted by Crippen LogP contribution is -2.71. The number of aliphatic hydroxyl groups excluding tert-OH is 17. The molecule has 6 fully saturated rings. The van der Waals surface area contributed by atoms with E-state index in [1.54, 1.807) is 0 Å². The predicted octanol–water partition coefficient (Wildman–Crippen LogP) is -12.8. The molecule has 30 atom stereocenters. The summed E-state index contributed by atoms with van der Waals surface area (Å²) in [7, 11) is 0. The molecule has 0 spiro atoms. The summed E-state index contributed by atoms with van der Waals surface area (Å²) in [5, 5.41) is 187. The number of ether oxygens (including phenoxy) is 11. The molecule has 6 rings (SSSR count). The Morgan fingerprint density at radius 2 is 0.764 bits per heavy atom. The lowest BCUT2D eigenvalue weighted by Gasteiger charge is -2.52. The van der Waals surface area contributed by atoms with Crippen molar-refractivity contribution in [3.05, 3.63) is 0 Å². The molecular formula is C40H68N2O30. The van der Waals surface area contributed by atoms with Crippen LogP contribution in [0, 0.1) is 0 Å². The van der Waals surface area contributed by atoms with Gasteiger partial charge in [0.25, 0.3) is 0 Å². The maximum absolute atomic E-state index is 13.0. The Hall–Kier alpha value is -2.18. The van der Waals surface area contributed by atoms with E-state index in [9.17, 15) is 96.4 Å². The van der Waals surface area contributed by atoms with Crippen molar-refractivity contribution >= 4 is 11.8 Å². The molecular weight excluding hydrogens is 988 g/mol. The van der Waals surface area contributed by atoms with Gasteiger partial charge >= 0.3 is 0 Å². The van der Waals surface area contributed by atoms with Crippen LogP contribution in [0.15, 0.2) is 0 Å². The van der Waals surface area contributed by atoms with E-state index in [-0.39, 0.29) is 0 Å². The van der Waals surface area contributed by atoms with E-state index in [0.29, 0.717) is 0 Å². The first-order valence-corrected chi connectivity index (χ1v) is 23.0. The predicted molar refractivity (Wildman–Crippen MR) is 221 cm³/mol. The van der Waals surface area contributed by atoms with E-state index in [0.717, 1.165) is 13.8 Å². The largest absolute Gasteiger partial charge is 0.394 e. The molecule has 2 amide bonds. The molecule has 0 saturated carbocycles. The highest BCUT2D eigenvalue weighted by atomic mass is 16.8. The van der Waals surface area contributed by atoms with Gasteiger partial charge in [0, 0.05) is 13.8 Å². The highest BCUT2D eigenvalue weighted by molar-refractivity contribution is 5.73. The molecule has 418 valence electrons. The highest BCUT2D eigenvalue weighted by Crippen LogP contribution is 2.38. The first-order chi connectivity index (χ1) is 34.0. The monoisotopic (exact) mass is 1060 g/mol. The summed E-state index contributed by atoms with van der Waals surface area (Å²) >= 11 is 0. The zero-order valence-electron chi connectivity index (χ0n) is 38.8. The van der Waals surface area contributed by atoms with E-state index in [1.165, 1.54) is 6.92 Å². The molecule has 6 saturated heterocycles. The van der Waals surface area contributed by atoms with Crippen LogP contribution in [0.1, 0.15) is 20.8 Å². The third kappa shape index (κ3) is 12.5. The minimum absolute atomic E-state index is 0.725. The number of carbonyl (C=O) groups is 2. The number of hydrogen-bond acceptors (Lipinski definition) is 30. The van der Waals surface area contributed by atoms with Gasteiger partial charge in [-0.05, 0) is 6.92 Å². The summed E-state index contributed by atoms with van der Waals surface area (Å²) in [6.45, 7) is -1.61. The number of amides is 2. The van der Waals surface area contributed by atoms with Crippen LogP contribution >= 0.6 is 0 Å². The summed E-state index contributed by atoms with van der Waals surface area (Å²) in [6.07, 6.45) is -53.4. The molecule has 0 unspecified atom stereocenters. The summed E-state index contributed by atoms with van der Waals surface area (Å²) in [5.74, 6) is -1.62. The zero-order chi connectivity index (χ0) is 53.2. The SMILES string of the molecule is CC(=O)N[C@@H]1[C@@H](O)[C@H](O[C@@H]2O[C@H](CO)[C@@H](O)[C@H](O[C@H]3O[C@H](CO)[C@@H](O)[C@H](O)[C@@H]3O[C@@H]3O[C@H](CO)[C@@H](O[C@@H]4O[C@H](CO)[C@H](O)[C@H](O)[C@H]4O)[C@H](O[C@@H]4O[C@@H](C)[C@@H](O)[C@@H](O)[C@@H]4O)[C@H]3NC(C)=O)[C@@H]2O)[C@@H](CO)O[C@H]1O. The summed E-state index contributed by atoms with van der Waals surface area (Å²) in [6, 6.07) is -3.41. The van der Waals surface area contributed by atoms with Crippen LogP contribution in [0.25, 0.3) is 0 Å². The summed E-state index contributed by atoms with van der Waals surface area (Å²) in [5.41, 5.74) is 0. The minimum Gasteiger partial charge on any atom is -0.394 e. The average Bonchev–Trinajstić information content (AvgIpc) is 3.34. The second-order valence-corrected chi connectivity index (χ2v) is 18.2. The van der Waals surface area contributed by atoms with E-state index in [4.69, 9.17) is 52.1 Å². The van der Waals surface area contributed by atoms with Gasteiger partial charge in [-0.1, -0.05) is 0 Å². The smallest absolute Gasteiger partial charge is 0.217 e. The third-order valence-corrected chi connectivity index (χ3v) is 13.2. The van der Waals surface area contributed by atoms with Crippen molar-refractivity contribution in [3.63, 3.8) is 0 Å². The average molecular weight is 1060 g/mol. The second kappa shape index (κ2) is 25.3. The normalized spacial score (nSPS) is 50.3. The van der Waals surface area contributed by atoms with Crippen LogP contribution in [0.3, 0.4) is 0 Å². The van der Waals surface area contributed by atoms with E-state index in [2.05, 4.69) is 10.6 Å². The lowest BCUT2D eigenvalue weighted by atomic mass is 9.93. The molecule has 32 nitrogen and oxygen atoms in total. The molecule has 0 bridgehead atoms. The highest BCUT2D eigenvalue weighted by Gasteiger charge is 2.59. The maximum Gasteiger partial charge on any atom is 0.217 e. The maximum atomic E-state index is 13.0. The first-order valence-electron chi connectivity index (χ1n) is 23.0. The fourth-order valence-electron chi connectivity index (χ4n) is 9.24. The Morgan fingerprint density at radius 1 is 0.361 bits per heavy atom. The molecule has 32 heteroatoms. The van der Waals surface area contributed by atoms with Crippen LogP contribution in [0.2, 0.25) is 0 Å². The first kappa shape index (κ1) is 59.1. The molecule has 0 aliphatic carbocycles. The van der Waals surface area contributed by atoms with Crippen molar-refractivity contribution in [1.82, 2.24) is 10.6 Å². The lowest BCUT2D eigenvalue weighted by molar-refractivity contribution is -0.400. The molecule has 19 N–H and O–H groups in total. The van der Waals surface area contributed by atoms with Crippen molar-refractivity contribution in [3.8, 4) is 0 Å². The van der Waals surface area contributed by atoms with Gasteiger partial charge in [-0.2, -0.15) is 0 Å². The Bertz CT molecular complexity index is 1730. The van der Waals surface area contributed by atoms with E-state index >= 15 is 0 Å². The molecule has 72 heavy (non-hydrogen) atoms. The van der Waals surface area contributed by atoms with Crippen molar-refractivity contribution in [2.24, 2.45) is 0 Å². The molecule has 6 aliphatic rings. The Labute approximate surface area is 408 Å². The second-order valence-electron chi connectivity index (χ2n) is 18.2. The number of aliphatic hydroxyl groups is 17. The fourth-order valence-corrected chi connectivity index (χ4v) is 9.24. The van der Waals surface area contributed by atoms with Gasteiger partial charge in [0.05, 0.1) is 39.1 Å². The number of carbonyl (C=O) groups excluding carboxylic acids is 2. The van der Waals surface area contributed by atoms with Crippen LogP contribution in [0.5, 0.6) is 0 Å². The molecule has 0 aromatic heterocycles. The number of rotatable bonds is 17. The van der Waals surface area contributed by atoms with Gasteiger partial charge in [0.15, 0.2) is 37.7 Å². The molecule has 0 aromatic rings. The van der Waals surface area contributed by atoms with Crippen molar-refractivity contribution < 1.29 is 149 Å². The van der Waals surface area contributed by atoms with Gasteiger partial charge in [-0.3, -0.25) is 9.59 Å². The quantitative estimate of drug-likeness (QED) is 0.0643. The van der Waals surface area contributed by atoms with Crippen LogP contribution in [-0.4, -0.2) is 316 Å². The van der Waals surface area contributed by atoms with Crippen LogP contribution < -0.4 is 10.6 Å². The number of hydrogen-bond donors (Lipinski definition) is 19. The van der Waals surface area contributed by atoms with Gasteiger partial charge in [0.1, 0.15) is 140 Å². The Kier molecular flexibility index (Phi) is 20.8. The standard InChI is InChI=1S/C40H68N2O30/c1-9-19(50)24(55)27(58)37(62-9)70-32-18(42-11(3)49)36(67-16(8-47)31(32)69-38-28(59)25(56)20(51)12(4-43)64-38)72-34-26(57)21(52)13(5-44)66-40(34)71-33-22(53)14(6-45)65-39(29(33)60)68-30-15(7-46)63-35(61)17(23(30)54)41-10(2)48/h9,12-40,43-47,50-61H,4-8H2,1-3H3,(H,41,48)(H,42,49)/t9-,12+,13+,14+,15+,16+,17+,18+,19+,20-,21+,22+,23+,24+,25-,26-,27-,28+,29-,30+,31+,32+,33-,34-,35+,36-,37-,38-,39-,40+/m0/s1. The third-order valence-electron chi connectivity index (χ3n) is 13.2. The molecule has 6 heterocycles. The van der Waals surface area contributed by atoms with E-state index < -0.39 is 229 Å². The van der Waals surface area contributed by atoms with Crippen molar-refractivity contribution in [2.75, 3.05) is 33.0 Å². The van der Waals surface area contributed by atoms with Crippen molar-refractivity contribution in [2.45, 2.75) is 205 Å². The Morgan fingerprint density at radius 3 is 1.32 bits per heavy atom. The van der Waals surface area contributed by atoms with Crippen molar-refractivity contribution in [1.29, 1.82) is 0 Å². The summed E-state index contributed by atoms with van der Waals surface area (Å²) < 4.78 is 64.1. The van der Waals surface area contributed by atoms with Gasteiger partial charge < -0.3 is 150 Å². The van der Waals surface area contributed by atoms with E-state index in [1.807, 2.05) is 0 Å².